The van der Waals surface area contributed by atoms with Crippen LogP contribution in [0.5, 0.6) is 0 Å². The molecule has 0 radical (unpaired) electrons. The highest BCUT2D eigenvalue weighted by atomic mass is 35.5. The number of fused-ring (bicyclic) bond motifs is 6. The Balaban J connectivity index is 0.000000207. The SMILES string of the molecule is CCCN1c2ccc3cc(S(=O)(=O)[O-])ccc3c2C(C)(C)C1/C=C/C=C/C=C/C=C/C1=[N+](CCS(=O)(=O)[O-])c2ccc3cc(C)ccc3c2C1(C)C.Cc1cc(Nc2nc(Cl)nc(Nc3ccccc3Cl)n2)ccc1/C=C/c1ccc(Nc2nc(Cl)nc(Nc3ccccc3Cl)n2)cc1S(=O)(=O)[O-]. The van der Waals surface area contributed by atoms with Crippen molar-refractivity contribution in [3.8, 4) is 0 Å². The predicted molar refractivity (Wildman–Crippen MR) is 409 cm³/mol. The van der Waals surface area contributed by atoms with Crippen LogP contribution in [-0.2, 0) is 41.2 Å². The van der Waals surface area contributed by atoms with Crippen molar-refractivity contribution in [1.82, 2.24) is 29.9 Å². The smallest absolute Gasteiger partial charge is 0.233 e. The summed E-state index contributed by atoms with van der Waals surface area (Å²) in [5.74, 6) is -0.0130. The van der Waals surface area contributed by atoms with Gasteiger partial charge in [0.15, 0.2) is 12.3 Å². The molecule has 0 fully saturated rings. The number of allylic oxidation sites excluding steroid dienone is 7. The van der Waals surface area contributed by atoms with E-state index < -0.39 is 46.4 Å². The van der Waals surface area contributed by atoms with Crippen molar-refractivity contribution in [2.24, 2.45) is 0 Å². The average Bonchev–Trinajstić information content (AvgIpc) is 1.58. The number of halogens is 4. The van der Waals surface area contributed by atoms with Crippen molar-refractivity contribution in [3.05, 3.63) is 248 Å². The van der Waals surface area contributed by atoms with Crippen LogP contribution in [0.2, 0.25) is 20.6 Å². The van der Waals surface area contributed by atoms with E-state index in [1.807, 2.05) is 84.4 Å². The number of nitrogens with one attached hydrogen (secondary N) is 4. The zero-order valence-corrected chi connectivity index (χ0v) is 62.0. The molecule has 1 unspecified atom stereocenters. The maximum absolute atomic E-state index is 12.3. The number of hydrogen-bond acceptors (Lipinski definition) is 20. The van der Waals surface area contributed by atoms with Crippen LogP contribution in [0.3, 0.4) is 0 Å². The summed E-state index contributed by atoms with van der Waals surface area (Å²) >= 11 is 24.7. The summed E-state index contributed by atoms with van der Waals surface area (Å²) in [5.41, 5.74) is 9.39. The first-order valence-electron chi connectivity index (χ1n) is 32.2. The van der Waals surface area contributed by atoms with E-state index >= 15 is 0 Å². The maximum Gasteiger partial charge on any atom is 0.233 e. The molecule has 0 aliphatic carbocycles. The van der Waals surface area contributed by atoms with Gasteiger partial charge in [-0.3, -0.25) is 0 Å². The van der Waals surface area contributed by atoms with Crippen molar-refractivity contribution in [2.45, 2.75) is 81.5 Å². The molecule has 8 aromatic carbocycles. The summed E-state index contributed by atoms with van der Waals surface area (Å²) in [6, 6.07) is 42.8. The largest absolute Gasteiger partial charge is 0.748 e. The third kappa shape index (κ3) is 17.6. The molecule has 1 atom stereocenters. The molecule has 4 N–H and O–H groups in total. The molecule has 10 aromatic rings. The van der Waals surface area contributed by atoms with Gasteiger partial charge in [0, 0.05) is 46.7 Å². The van der Waals surface area contributed by atoms with E-state index in [0.717, 1.165) is 79.4 Å². The summed E-state index contributed by atoms with van der Waals surface area (Å²) in [6.07, 6.45) is 20.2. The Hall–Kier alpha value is -9.44. The Morgan fingerprint density at radius 2 is 1.08 bits per heavy atom. The van der Waals surface area contributed by atoms with Crippen LogP contribution in [0, 0.1) is 13.8 Å². The fourth-order valence-electron chi connectivity index (χ4n) is 12.8. The van der Waals surface area contributed by atoms with Gasteiger partial charge in [-0.2, -0.15) is 34.5 Å². The molecular formula is C75H68Cl4N12O9S3-2. The van der Waals surface area contributed by atoms with E-state index in [4.69, 9.17) is 46.4 Å². The minimum atomic E-state index is -4.90. The van der Waals surface area contributed by atoms with Gasteiger partial charge in [0.1, 0.15) is 30.4 Å². The van der Waals surface area contributed by atoms with E-state index in [2.05, 4.69) is 128 Å². The molecule has 0 spiro atoms. The lowest BCUT2D eigenvalue weighted by atomic mass is 9.78. The molecule has 103 heavy (non-hydrogen) atoms. The topological polar surface area (TPSA) is 303 Å². The summed E-state index contributed by atoms with van der Waals surface area (Å²) in [4.78, 5) is 26.7. The van der Waals surface area contributed by atoms with Crippen LogP contribution in [-0.4, -0.2) is 104 Å². The normalized spacial score (nSPS) is 15.1. The van der Waals surface area contributed by atoms with Crippen molar-refractivity contribution < 1.29 is 43.5 Å². The summed E-state index contributed by atoms with van der Waals surface area (Å²) in [6.45, 7) is 15.7. The molecule has 0 saturated carbocycles. The molecule has 12 rings (SSSR count). The van der Waals surface area contributed by atoms with Crippen LogP contribution in [0.25, 0.3) is 33.7 Å². The van der Waals surface area contributed by atoms with Gasteiger partial charge in [-0.1, -0.05) is 171 Å². The summed E-state index contributed by atoms with van der Waals surface area (Å²) in [5, 5.41) is 16.6. The Labute approximate surface area is 617 Å². The molecule has 2 aliphatic rings. The van der Waals surface area contributed by atoms with Gasteiger partial charge in [0.25, 0.3) is 0 Å². The van der Waals surface area contributed by atoms with Crippen molar-refractivity contribution in [2.75, 3.05) is 45.0 Å². The van der Waals surface area contributed by atoms with Gasteiger partial charge in [0.05, 0.1) is 48.4 Å². The number of benzene rings is 8. The van der Waals surface area contributed by atoms with Crippen LogP contribution < -0.4 is 26.2 Å². The van der Waals surface area contributed by atoms with Gasteiger partial charge in [-0.05, 0) is 174 Å². The predicted octanol–water partition coefficient (Wildman–Crippen LogP) is 17.0. The van der Waals surface area contributed by atoms with Gasteiger partial charge >= 0.3 is 0 Å². The third-order valence-electron chi connectivity index (χ3n) is 17.4. The standard InChI is InChI=1S/C42H46N2O6S2.C33H24Cl4N10O3S/c1-7-24-43-35-23-18-31-28-32(52(48,49)50)19-21-34(31)40(35)41(3,4)37(43)14-12-10-8-9-11-13-15-38-42(5,6)39-33-20-16-29(2)27-30(33)17-22-36(39)44(38)25-26-51(45,46)47;1-18-16-21(38-30-42-28(36)44-32(46-30)40-25-8-4-2-6-23(25)34)14-12-19(18)10-11-20-13-15-22(17-27(20)51(48,49)50)39-31-43-29(37)45-33(47-31)41-26-9-5-3-7-24(26)35/h8-23,27-28,37H,7,24-26H2,1-6H3,(H-,45,46,47,48,49,50);2-17H,1H3,(H,48,49,50)(H2,38,40,42,44,46)(H2,39,41,43,45,47)/p-2/b10-8+,11-9+,14-12+,15-13+;11-10+. The monoisotopic (exact) mass is 1520 g/mol. The minimum absolute atomic E-state index is 0.000989. The van der Waals surface area contributed by atoms with Crippen LogP contribution in [0.4, 0.5) is 57.9 Å². The average molecular weight is 1520 g/mol. The second-order valence-corrected chi connectivity index (χ2v) is 31.1. The lowest BCUT2D eigenvalue weighted by molar-refractivity contribution is -0.432. The van der Waals surface area contributed by atoms with E-state index in [-0.39, 0.29) is 68.5 Å². The van der Waals surface area contributed by atoms with E-state index in [1.54, 1.807) is 72.8 Å². The Morgan fingerprint density at radius 3 is 1.66 bits per heavy atom. The van der Waals surface area contributed by atoms with Gasteiger partial charge in [-0.15, -0.1) is 0 Å². The van der Waals surface area contributed by atoms with Gasteiger partial charge in [0.2, 0.25) is 40.0 Å². The lowest BCUT2D eigenvalue weighted by Crippen LogP contribution is -2.40. The number of anilines is 9. The number of para-hydroxylation sites is 2. The summed E-state index contributed by atoms with van der Waals surface area (Å²) < 4.78 is 109. The molecule has 28 heteroatoms. The second kappa shape index (κ2) is 30.9. The molecule has 530 valence electrons. The van der Waals surface area contributed by atoms with Crippen LogP contribution in [0.1, 0.15) is 74.4 Å². The third-order valence-corrected chi connectivity index (χ3v) is 20.8. The Bertz CT molecular complexity index is 5540. The van der Waals surface area contributed by atoms with Gasteiger partial charge < -0.3 is 39.8 Å². The second-order valence-electron chi connectivity index (χ2n) is 25.4. The molecule has 2 aromatic heterocycles. The molecule has 0 amide bonds. The molecule has 21 nitrogen and oxygen atoms in total. The number of aryl methyl sites for hydroxylation is 2. The fourth-order valence-corrected chi connectivity index (χ4v) is 15.1. The molecule has 0 saturated heterocycles. The van der Waals surface area contributed by atoms with Crippen molar-refractivity contribution in [3.63, 3.8) is 0 Å². The zero-order chi connectivity index (χ0) is 73.8. The molecule has 2 aliphatic heterocycles. The number of aromatic nitrogens is 6. The highest BCUT2D eigenvalue weighted by Gasteiger charge is 2.46. The number of rotatable bonds is 22. The van der Waals surface area contributed by atoms with Crippen LogP contribution in [0.15, 0.2) is 204 Å². The summed E-state index contributed by atoms with van der Waals surface area (Å²) in [7, 11) is -13.9. The van der Waals surface area contributed by atoms with Gasteiger partial charge in [-0.25, -0.2) is 25.3 Å². The highest BCUT2D eigenvalue weighted by Crippen LogP contribution is 2.50. The van der Waals surface area contributed by atoms with E-state index in [1.165, 1.54) is 30.3 Å². The maximum atomic E-state index is 12.3. The minimum Gasteiger partial charge on any atom is -0.748 e. The molecular weight excluding hydrogens is 1450 g/mol. The first-order valence-corrected chi connectivity index (χ1v) is 38.1. The van der Waals surface area contributed by atoms with Crippen molar-refractivity contribution >= 4 is 174 Å². The number of hydrogen-bond donors (Lipinski definition) is 4. The first-order chi connectivity index (χ1) is 48.8. The van der Waals surface area contributed by atoms with Crippen molar-refractivity contribution in [1.29, 1.82) is 0 Å². The molecule has 4 heterocycles. The lowest BCUT2D eigenvalue weighted by Gasteiger charge is -2.32. The highest BCUT2D eigenvalue weighted by molar-refractivity contribution is 7.86. The Morgan fingerprint density at radius 1 is 0.544 bits per heavy atom. The Kier molecular flexibility index (Phi) is 22.4. The van der Waals surface area contributed by atoms with E-state index in [0.29, 0.717) is 27.1 Å². The molecule has 0 bridgehead atoms. The first kappa shape index (κ1) is 74.7. The van der Waals surface area contributed by atoms with E-state index in [9.17, 15) is 38.9 Å². The fraction of sp³-hybridized carbons (Fsp3) is 0.187. The number of nitrogens with zero attached hydrogens (tertiary/aromatic N) is 8. The van der Waals surface area contributed by atoms with Crippen LogP contribution >= 0.6 is 46.4 Å². The quantitative estimate of drug-likeness (QED) is 0.0212. The zero-order valence-electron chi connectivity index (χ0n) is 56.5.